The molecule has 0 aliphatic rings. The molecule has 2 rings (SSSR count). The minimum absolute atomic E-state index is 0.673. The molecule has 0 saturated carbocycles. The average molecular weight is 272 g/mol. The van der Waals surface area contributed by atoms with E-state index in [4.69, 9.17) is 23.2 Å². The summed E-state index contributed by atoms with van der Waals surface area (Å²) in [5.74, 6) is 0. The van der Waals surface area contributed by atoms with Crippen LogP contribution in [0.4, 0.5) is 0 Å². The minimum atomic E-state index is 0.673. The Morgan fingerprint density at radius 3 is 2.69 bits per heavy atom. The van der Waals surface area contributed by atoms with Gasteiger partial charge in [-0.1, -0.05) is 29.3 Å². The summed E-state index contributed by atoms with van der Waals surface area (Å²) in [6.07, 6.45) is 0. The van der Waals surface area contributed by atoms with Gasteiger partial charge in [0.1, 0.15) is 0 Å². The SMILES string of the molecule is Clc1ccc(CNCc2ccsc2)c(Cl)c1. The van der Waals surface area contributed by atoms with Gasteiger partial charge in [-0.15, -0.1) is 0 Å². The number of rotatable bonds is 4. The Morgan fingerprint density at radius 1 is 1.12 bits per heavy atom. The molecular formula is C12H11Cl2NS. The van der Waals surface area contributed by atoms with Gasteiger partial charge in [-0.2, -0.15) is 11.3 Å². The van der Waals surface area contributed by atoms with Gasteiger partial charge < -0.3 is 5.32 Å². The maximum atomic E-state index is 6.07. The van der Waals surface area contributed by atoms with Crippen molar-refractivity contribution in [2.75, 3.05) is 0 Å². The largest absolute Gasteiger partial charge is 0.309 e. The summed E-state index contributed by atoms with van der Waals surface area (Å²) in [7, 11) is 0. The number of halogens is 2. The Morgan fingerprint density at radius 2 is 2.00 bits per heavy atom. The number of nitrogens with one attached hydrogen (secondary N) is 1. The van der Waals surface area contributed by atoms with Crippen LogP contribution >= 0.6 is 34.5 Å². The average Bonchev–Trinajstić information content (AvgIpc) is 2.74. The first-order valence-electron chi connectivity index (χ1n) is 4.91. The first-order valence-corrected chi connectivity index (χ1v) is 6.61. The third kappa shape index (κ3) is 3.22. The third-order valence-electron chi connectivity index (χ3n) is 2.24. The molecule has 0 bridgehead atoms. The fraction of sp³-hybridized carbons (Fsp3) is 0.167. The Kier molecular flexibility index (Phi) is 4.24. The van der Waals surface area contributed by atoms with E-state index in [-0.39, 0.29) is 0 Å². The van der Waals surface area contributed by atoms with Gasteiger partial charge in [-0.05, 0) is 40.1 Å². The zero-order valence-electron chi connectivity index (χ0n) is 8.54. The number of hydrogen-bond acceptors (Lipinski definition) is 2. The summed E-state index contributed by atoms with van der Waals surface area (Å²) < 4.78 is 0. The van der Waals surface area contributed by atoms with Crippen molar-refractivity contribution in [1.82, 2.24) is 5.32 Å². The summed E-state index contributed by atoms with van der Waals surface area (Å²) in [5, 5.41) is 8.94. The number of benzene rings is 1. The van der Waals surface area contributed by atoms with E-state index in [1.165, 1.54) is 5.56 Å². The summed E-state index contributed by atoms with van der Waals surface area (Å²) in [4.78, 5) is 0. The van der Waals surface area contributed by atoms with Gasteiger partial charge in [0, 0.05) is 23.1 Å². The molecule has 0 aliphatic heterocycles. The monoisotopic (exact) mass is 271 g/mol. The molecule has 0 aliphatic carbocycles. The van der Waals surface area contributed by atoms with Crippen LogP contribution in [0.3, 0.4) is 0 Å². The first kappa shape index (κ1) is 11.9. The summed E-state index contributed by atoms with van der Waals surface area (Å²) in [5.41, 5.74) is 2.37. The Hall–Kier alpha value is -0.540. The van der Waals surface area contributed by atoms with Crippen LogP contribution in [0.5, 0.6) is 0 Å². The molecule has 1 N–H and O–H groups in total. The third-order valence-corrected chi connectivity index (χ3v) is 3.56. The van der Waals surface area contributed by atoms with Crippen molar-refractivity contribution in [2.45, 2.75) is 13.1 Å². The number of hydrogen-bond donors (Lipinski definition) is 1. The van der Waals surface area contributed by atoms with Crippen molar-refractivity contribution in [3.63, 3.8) is 0 Å². The minimum Gasteiger partial charge on any atom is -0.309 e. The van der Waals surface area contributed by atoms with Crippen LogP contribution in [-0.2, 0) is 13.1 Å². The Labute approximate surface area is 109 Å². The van der Waals surface area contributed by atoms with E-state index in [1.807, 2.05) is 12.1 Å². The topological polar surface area (TPSA) is 12.0 Å². The molecule has 0 radical (unpaired) electrons. The van der Waals surface area contributed by atoms with Crippen molar-refractivity contribution >= 4 is 34.5 Å². The van der Waals surface area contributed by atoms with Crippen molar-refractivity contribution in [2.24, 2.45) is 0 Å². The van der Waals surface area contributed by atoms with Crippen LogP contribution in [0.1, 0.15) is 11.1 Å². The summed E-state index contributed by atoms with van der Waals surface area (Å²) in [6, 6.07) is 7.69. The van der Waals surface area contributed by atoms with Gasteiger partial charge in [0.15, 0.2) is 0 Å². The van der Waals surface area contributed by atoms with E-state index in [0.717, 1.165) is 18.7 Å². The standard InChI is InChI=1S/C12H11Cl2NS/c13-11-2-1-10(12(14)5-11)7-15-6-9-3-4-16-8-9/h1-5,8,15H,6-7H2. The number of thiophene rings is 1. The molecule has 0 atom stereocenters. The quantitative estimate of drug-likeness (QED) is 0.872. The van der Waals surface area contributed by atoms with Crippen LogP contribution in [0, 0.1) is 0 Å². The van der Waals surface area contributed by atoms with Gasteiger partial charge in [0.05, 0.1) is 0 Å². The highest BCUT2D eigenvalue weighted by atomic mass is 35.5. The Bertz CT molecular complexity index is 454. The predicted molar refractivity (Wildman–Crippen MR) is 71.3 cm³/mol. The second-order valence-corrected chi connectivity index (χ2v) is 5.09. The van der Waals surface area contributed by atoms with Crippen LogP contribution < -0.4 is 5.32 Å². The van der Waals surface area contributed by atoms with E-state index >= 15 is 0 Å². The van der Waals surface area contributed by atoms with Gasteiger partial charge >= 0.3 is 0 Å². The van der Waals surface area contributed by atoms with E-state index in [0.29, 0.717) is 10.0 Å². The van der Waals surface area contributed by atoms with Crippen molar-refractivity contribution in [1.29, 1.82) is 0 Å². The Balaban J connectivity index is 1.90. The van der Waals surface area contributed by atoms with Crippen LogP contribution in [0.2, 0.25) is 10.0 Å². The highest BCUT2D eigenvalue weighted by molar-refractivity contribution is 7.07. The van der Waals surface area contributed by atoms with Gasteiger partial charge in [0.25, 0.3) is 0 Å². The van der Waals surface area contributed by atoms with Crippen molar-refractivity contribution in [3.8, 4) is 0 Å². The molecule has 2 aromatic rings. The molecular weight excluding hydrogens is 261 g/mol. The zero-order valence-corrected chi connectivity index (χ0v) is 10.9. The maximum absolute atomic E-state index is 6.07. The normalized spacial score (nSPS) is 10.6. The fourth-order valence-corrected chi connectivity index (χ4v) is 2.54. The van der Waals surface area contributed by atoms with Crippen LogP contribution in [-0.4, -0.2) is 0 Å². The van der Waals surface area contributed by atoms with Gasteiger partial charge in [0.2, 0.25) is 0 Å². The van der Waals surface area contributed by atoms with Gasteiger partial charge in [-0.3, -0.25) is 0 Å². The fourth-order valence-electron chi connectivity index (χ4n) is 1.40. The highest BCUT2D eigenvalue weighted by Crippen LogP contribution is 2.20. The first-order chi connectivity index (χ1) is 7.75. The molecule has 0 saturated heterocycles. The second kappa shape index (κ2) is 5.69. The van der Waals surface area contributed by atoms with E-state index in [2.05, 4.69) is 22.1 Å². The molecule has 1 aromatic carbocycles. The summed E-state index contributed by atoms with van der Waals surface area (Å²) in [6.45, 7) is 1.62. The lowest BCUT2D eigenvalue weighted by atomic mass is 10.2. The molecule has 0 amide bonds. The highest BCUT2D eigenvalue weighted by Gasteiger charge is 2.00. The summed E-state index contributed by atoms with van der Waals surface area (Å²) >= 11 is 13.6. The van der Waals surface area contributed by atoms with Crippen LogP contribution in [0.15, 0.2) is 35.0 Å². The second-order valence-electron chi connectivity index (χ2n) is 3.47. The molecule has 0 unspecified atom stereocenters. The maximum Gasteiger partial charge on any atom is 0.0465 e. The van der Waals surface area contributed by atoms with Crippen molar-refractivity contribution < 1.29 is 0 Å². The lowest BCUT2D eigenvalue weighted by Crippen LogP contribution is -2.12. The molecule has 1 nitrogen and oxygen atoms in total. The zero-order chi connectivity index (χ0) is 11.4. The molecule has 1 aromatic heterocycles. The van der Waals surface area contributed by atoms with E-state index in [1.54, 1.807) is 17.4 Å². The van der Waals surface area contributed by atoms with Gasteiger partial charge in [-0.25, -0.2) is 0 Å². The molecule has 4 heteroatoms. The predicted octanol–water partition coefficient (Wildman–Crippen LogP) is 4.34. The molecule has 1 heterocycles. The smallest absolute Gasteiger partial charge is 0.0465 e. The molecule has 0 fully saturated rings. The van der Waals surface area contributed by atoms with Crippen LogP contribution in [0.25, 0.3) is 0 Å². The lowest BCUT2D eigenvalue weighted by Gasteiger charge is -2.06. The molecule has 84 valence electrons. The molecule has 16 heavy (non-hydrogen) atoms. The van der Waals surface area contributed by atoms with E-state index in [9.17, 15) is 0 Å². The van der Waals surface area contributed by atoms with E-state index < -0.39 is 0 Å². The lowest BCUT2D eigenvalue weighted by molar-refractivity contribution is 0.695. The molecule has 0 spiro atoms. The van der Waals surface area contributed by atoms with Crippen molar-refractivity contribution in [3.05, 3.63) is 56.2 Å².